The van der Waals surface area contributed by atoms with Gasteiger partial charge in [0.1, 0.15) is 5.75 Å². The third kappa shape index (κ3) is 2.78. The molecule has 1 aliphatic heterocycles. The summed E-state index contributed by atoms with van der Waals surface area (Å²) >= 11 is 6.01. The van der Waals surface area contributed by atoms with Crippen molar-refractivity contribution in [2.75, 3.05) is 20.3 Å². The highest BCUT2D eigenvalue weighted by molar-refractivity contribution is 6.30. The molecule has 6 heteroatoms. The Kier molecular flexibility index (Phi) is 3.89. The molecule has 0 spiro atoms. The molecule has 0 N–H and O–H groups in total. The van der Waals surface area contributed by atoms with E-state index in [-0.39, 0.29) is 5.92 Å². The number of rotatable bonds is 4. The van der Waals surface area contributed by atoms with Gasteiger partial charge < -0.3 is 14.0 Å². The number of benzene rings is 1. The minimum Gasteiger partial charge on any atom is -0.496 e. The number of hydrogen-bond acceptors (Lipinski definition) is 5. The van der Waals surface area contributed by atoms with E-state index in [4.69, 9.17) is 25.6 Å². The standard InChI is InChI=1S/C14H15ClN2O3/c1-18-12-3-2-11(15)6-10(12)7-13-16-14(20-17-13)9-4-5-19-8-9/h2-3,6,9H,4-5,7-8H2,1H3/t9-/m0/s1. The highest BCUT2D eigenvalue weighted by Gasteiger charge is 2.24. The first-order chi connectivity index (χ1) is 9.76. The van der Waals surface area contributed by atoms with Gasteiger partial charge in [-0.3, -0.25) is 0 Å². The molecule has 1 fully saturated rings. The zero-order chi connectivity index (χ0) is 13.9. The van der Waals surface area contributed by atoms with Crippen LogP contribution in [0.5, 0.6) is 5.75 Å². The van der Waals surface area contributed by atoms with Gasteiger partial charge in [-0.1, -0.05) is 16.8 Å². The fraction of sp³-hybridized carbons (Fsp3) is 0.429. The summed E-state index contributed by atoms with van der Waals surface area (Å²) in [4.78, 5) is 4.44. The van der Waals surface area contributed by atoms with Crippen LogP contribution < -0.4 is 4.74 Å². The van der Waals surface area contributed by atoms with Gasteiger partial charge in [-0.15, -0.1) is 0 Å². The molecule has 0 bridgehead atoms. The third-order valence-corrected chi connectivity index (χ3v) is 3.59. The average molecular weight is 295 g/mol. The topological polar surface area (TPSA) is 57.4 Å². The van der Waals surface area contributed by atoms with Gasteiger partial charge >= 0.3 is 0 Å². The van der Waals surface area contributed by atoms with Crippen molar-refractivity contribution in [2.45, 2.75) is 18.8 Å². The molecule has 0 saturated carbocycles. The Bertz CT molecular complexity index is 594. The lowest BCUT2D eigenvalue weighted by Crippen LogP contribution is -1.99. The van der Waals surface area contributed by atoms with E-state index in [0.717, 1.165) is 24.3 Å². The zero-order valence-corrected chi connectivity index (χ0v) is 11.9. The van der Waals surface area contributed by atoms with Gasteiger partial charge in [0.05, 0.1) is 19.6 Å². The third-order valence-electron chi connectivity index (χ3n) is 3.35. The van der Waals surface area contributed by atoms with Gasteiger partial charge in [0.2, 0.25) is 5.89 Å². The lowest BCUT2D eigenvalue weighted by atomic mass is 10.1. The molecule has 1 aliphatic rings. The summed E-state index contributed by atoms with van der Waals surface area (Å²) in [5.41, 5.74) is 0.940. The van der Waals surface area contributed by atoms with Crippen molar-refractivity contribution in [3.8, 4) is 5.75 Å². The van der Waals surface area contributed by atoms with Crippen LogP contribution in [0, 0.1) is 0 Å². The van der Waals surface area contributed by atoms with Gasteiger partial charge in [0, 0.05) is 23.6 Å². The number of aromatic nitrogens is 2. The number of nitrogens with zero attached hydrogens (tertiary/aromatic N) is 2. The molecule has 20 heavy (non-hydrogen) atoms. The second-order valence-electron chi connectivity index (χ2n) is 4.74. The van der Waals surface area contributed by atoms with E-state index in [1.54, 1.807) is 13.2 Å². The van der Waals surface area contributed by atoms with Crippen molar-refractivity contribution in [1.82, 2.24) is 10.1 Å². The number of hydrogen-bond donors (Lipinski definition) is 0. The van der Waals surface area contributed by atoms with Gasteiger partial charge in [-0.25, -0.2) is 0 Å². The van der Waals surface area contributed by atoms with E-state index in [9.17, 15) is 0 Å². The van der Waals surface area contributed by atoms with E-state index in [1.165, 1.54) is 0 Å². The molecule has 2 aromatic rings. The monoisotopic (exact) mass is 294 g/mol. The summed E-state index contributed by atoms with van der Waals surface area (Å²) in [7, 11) is 1.63. The minimum absolute atomic E-state index is 0.220. The highest BCUT2D eigenvalue weighted by Crippen LogP contribution is 2.26. The molecular weight excluding hydrogens is 280 g/mol. The van der Waals surface area contributed by atoms with Crippen LogP contribution in [0.25, 0.3) is 0 Å². The fourth-order valence-electron chi connectivity index (χ4n) is 2.29. The predicted molar refractivity (Wildman–Crippen MR) is 73.3 cm³/mol. The molecular formula is C14H15ClN2O3. The Balaban J connectivity index is 1.79. The summed E-state index contributed by atoms with van der Waals surface area (Å²) in [6, 6.07) is 5.49. The molecule has 1 aromatic heterocycles. The first-order valence-electron chi connectivity index (χ1n) is 6.49. The van der Waals surface area contributed by atoms with Crippen LogP contribution in [0.15, 0.2) is 22.7 Å². The largest absolute Gasteiger partial charge is 0.496 e. The van der Waals surface area contributed by atoms with Crippen molar-refractivity contribution in [3.05, 3.63) is 40.5 Å². The van der Waals surface area contributed by atoms with E-state index < -0.39 is 0 Å². The van der Waals surface area contributed by atoms with Gasteiger partial charge in [-0.2, -0.15) is 4.98 Å². The molecule has 1 aromatic carbocycles. The lowest BCUT2D eigenvalue weighted by Gasteiger charge is -2.06. The Morgan fingerprint density at radius 2 is 2.35 bits per heavy atom. The van der Waals surface area contributed by atoms with Gasteiger partial charge in [0.25, 0.3) is 0 Å². The van der Waals surface area contributed by atoms with E-state index in [2.05, 4.69) is 10.1 Å². The first kappa shape index (κ1) is 13.4. The quantitative estimate of drug-likeness (QED) is 0.868. The van der Waals surface area contributed by atoms with Gasteiger partial charge in [0.15, 0.2) is 5.82 Å². The maximum Gasteiger partial charge on any atom is 0.232 e. The van der Waals surface area contributed by atoms with Crippen LogP contribution in [0.3, 0.4) is 0 Å². The Morgan fingerprint density at radius 1 is 1.45 bits per heavy atom. The van der Waals surface area contributed by atoms with Crippen molar-refractivity contribution in [1.29, 1.82) is 0 Å². The molecule has 0 radical (unpaired) electrons. The molecule has 1 atom stereocenters. The van der Waals surface area contributed by atoms with Crippen LogP contribution in [0.4, 0.5) is 0 Å². The SMILES string of the molecule is COc1ccc(Cl)cc1Cc1noc([C@H]2CCOC2)n1. The summed E-state index contributed by atoms with van der Waals surface area (Å²) < 4.78 is 15.9. The minimum atomic E-state index is 0.220. The second-order valence-corrected chi connectivity index (χ2v) is 5.18. The summed E-state index contributed by atoms with van der Waals surface area (Å²) in [6.07, 6.45) is 1.46. The van der Waals surface area contributed by atoms with Crippen LogP contribution in [0.1, 0.15) is 29.6 Å². The number of methoxy groups -OCH3 is 1. The van der Waals surface area contributed by atoms with Crippen LogP contribution in [0.2, 0.25) is 5.02 Å². The van der Waals surface area contributed by atoms with E-state index in [1.807, 2.05) is 12.1 Å². The Morgan fingerprint density at radius 3 is 3.10 bits per heavy atom. The van der Waals surface area contributed by atoms with E-state index >= 15 is 0 Å². The van der Waals surface area contributed by atoms with Crippen molar-refractivity contribution < 1.29 is 14.0 Å². The number of ether oxygens (including phenoxy) is 2. The molecule has 0 aliphatic carbocycles. The predicted octanol–water partition coefficient (Wildman–Crippen LogP) is 2.83. The maximum atomic E-state index is 6.01. The van der Waals surface area contributed by atoms with Crippen LogP contribution in [-0.4, -0.2) is 30.5 Å². The lowest BCUT2D eigenvalue weighted by molar-refractivity contribution is 0.189. The highest BCUT2D eigenvalue weighted by atomic mass is 35.5. The average Bonchev–Trinajstić information content (AvgIpc) is 3.09. The molecule has 0 amide bonds. The van der Waals surface area contributed by atoms with E-state index in [0.29, 0.717) is 29.8 Å². The van der Waals surface area contributed by atoms with Crippen molar-refractivity contribution >= 4 is 11.6 Å². The van der Waals surface area contributed by atoms with Crippen LogP contribution in [-0.2, 0) is 11.2 Å². The van der Waals surface area contributed by atoms with Crippen LogP contribution >= 0.6 is 11.6 Å². The van der Waals surface area contributed by atoms with Crippen molar-refractivity contribution in [3.63, 3.8) is 0 Å². The zero-order valence-electron chi connectivity index (χ0n) is 11.1. The van der Waals surface area contributed by atoms with Gasteiger partial charge in [-0.05, 0) is 24.6 Å². The maximum absolute atomic E-state index is 6.01. The smallest absolute Gasteiger partial charge is 0.232 e. The summed E-state index contributed by atoms with van der Waals surface area (Å²) in [5.74, 6) is 2.27. The normalized spacial score (nSPS) is 18.4. The summed E-state index contributed by atoms with van der Waals surface area (Å²) in [6.45, 7) is 1.41. The Hall–Kier alpha value is -1.59. The molecule has 106 valence electrons. The second kappa shape index (κ2) is 5.81. The molecule has 2 heterocycles. The molecule has 3 rings (SSSR count). The molecule has 5 nitrogen and oxygen atoms in total. The number of halogens is 1. The molecule has 0 unspecified atom stereocenters. The molecule has 1 saturated heterocycles. The fourth-order valence-corrected chi connectivity index (χ4v) is 2.48. The summed E-state index contributed by atoms with van der Waals surface area (Å²) in [5, 5.41) is 4.68. The Labute approximate surface area is 121 Å². The first-order valence-corrected chi connectivity index (χ1v) is 6.86. The van der Waals surface area contributed by atoms with Crippen molar-refractivity contribution in [2.24, 2.45) is 0 Å².